The lowest BCUT2D eigenvalue weighted by atomic mass is 10.1. The SMILES string of the molecule is Cc1ccc(NC2CC=CC2)c(C(=O)O)c1. The van der Waals surface area contributed by atoms with Crippen molar-refractivity contribution in [3.8, 4) is 0 Å². The van der Waals surface area contributed by atoms with Gasteiger partial charge in [-0.1, -0.05) is 23.8 Å². The lowest BCUT2D eigenvalue weighted by Crippen LogP contribution is -2.17. The van der Waals surface area contributed by atoms with Crippen molar-refractivity contribution in [3.05, 3.63) is 41.5 Å². The van der Waals surface area contributed by atoms with Gasteiger partial charge in [0.25, 0.3) is 0 Å². The van der Waals surface area contributed by atoms with Crippen LogP contribution in [-0.4, -0.2) is 17.1 Å². The van der Waals surface area contributed by atoms with Crippen LogP contribution in [0.1, 0.15) is 28.8 Å². The Morgan fingerprint density at radius 1 is 1.38 bits per heavy atom. The van der Waals surface area contributed by atoms with Gasteiger partial charge in [0.15, 0.2) is 0 Å². The molecule has 1 aromatic rings. The Morgan fingerprint density at radius 2 is 2.06 bits per heavy atom. The maximum atomic E-state index is 11.1. The van der Waals surface area contributed by atoms with Gasteiger partial charge in [0.1, 0.15) is 0 Å². The number of aromatic carboxylic acids is 1. The summed E-state index contributed by atoms with van der Waals surface area (Å²) in [7, 11) is 0. The van der Waals surface area contributed by atoms with Gasteiger partial charge in [0, 0.05) is 11.7 Å². The lowest BCUT2D eigenvalue weighted by Gasteiger charge is -2.15. The van der Waals surface area contributed by atoms with Gasteiger partial charge in [-0.25, -0.2) is 4.79 Å². The highest BCUT2D eigenvalue weighted by atomic mass is 16.4. The zero-order valence-electron chi connectivity index (χ0n) is 9.23. The fraction of sp³-hybridized carbons (Fsp3) is 0.308. The maximum absolute atomic E-state index is 11.1. The molecule has 0 radical (unpaired) electrons. The Kier molecular flexibility index (Phi) is 2.95. The highest BCUT2D eigenvalue weighted by molar-refractivity contribution is 5.94. The minimum absolute atomic E-state index is 0.334. The largest absolute Gasteiger partial charge is 0.478 e. The van der Waals surface area contributed by atoms with Crippen molar-refractivity contribution in [2.45, 2.75) is 25.8 Å². The summed E-state index contributed by atoms with van der Waals surface area (Å²) in [5.74, 6) is -0.878. The van der Waals surface area contributed by atoms with E-state index in [2.05, 4.69) is 17.5 Å². The van der Waals surface area contributed by atoms with Gasteiger partial charge in [-0.05, 0) is 31.9 Å². The van der Waals surface area contributed by atoms with Crippen LogP contribution in [0.25, 0.3) is 0 Å². The summed E-state index contributed by atoms with van der Waals surface area (Å²) in [4.78, 5) is 11.1. The number of benzene rings is 1. The third-order valence-corrected chi connectivity index (χ3v) is 2.77. The summed E-state index contributed by atoms with van der Waals surface area (Å²) in [6.07, 6.45) is 6.17. The van der Waals surface area contributed by atoms with Crippen molar-refractivity contribution in [2.24, 2.45) is 0 Å². The van der Waals surface area contributed by atoms with Crippen LogP contribution in [0.4, 0.5) is 5.69 Å². The van der Waals surface area contributed by atoms with Crippen molar-refractivity contribution in [2.75, 3.05) is 5.32 Å². The van der Waals surface area contributed by atoms with E-state index in [9.17, 15) is 4.79 Å². The minimum Gasteiger partial charge on any atom is -0.478 e. The molecule has 84 valence electrons. The summed E-state index contributed by atoms with van der Waals surface area (Å²) in [5, 5.41) is 12.4. The molecule has 0 aromatic heterocycles. The number of hydrogen-bond donors (Lipinski definition) is 2. The minimum atomic E-state index is -0.878. The number of rotatable bonds is 3. The van der Waals surface area contributed by atoms with Crippen molar-refractivity contribution in [1.29, 1.82) is 0 Å². The van der Waals surface area contributed by atoms with Gasteiger partial charge in [0.2, 0.25) is 0 Å². The first kappa shape index (κ1) is 10.7. The van der Waals surface area contributed by atoms with E-state index in [1.165, 1.54) is 0 Å². The number of hydrogen-bond acceptors (Lipinski definition) is 2. The van der Waals surface area contributed by atoms with Crippen LogP contribution < -0.4 is 5.32 Å². The first-order valence-electron chi connectivity index (χ1n) is 5.42. The fourth-order valence-electron chi connectivity index (χ4n) is 1.92. The first-order valence-corrected chi connectivity index (χ1v) is 5.42. The fourth-order valence-corrected chi connectivity index (χ4v) is 1.92. The van der Waals surface area contributed by atoms with E-state index in [4.69, 9.17) is 5.11 Å². The van der Waals surface area contributed by atoms with Crippen LogP contribution in [0, 0.1) is 6.92 Å². The molecule has 0 spiro atoms. The smallest absolute Gasteiger partial charge is 0.337 e. The van der Waals surface area contributed by atoms with Crippen molar-refractivity contribution in [3.63, 3.8) is 0 Å². The molecule has 0 atom stereocenters. The van der Waals surface area contributed by atoms with Crippen LogP contribution in [0.3, 0.4) is 0 Å². The molecule has 0 saturated heterocycles. The molecule has 2 rings (SSSR count). The summed E-state index contributed by atoms with van der Waals surface area (Å²) in [6.45, 7) is 1.90. The van der Waals surface area contributed by atoms with E-state index < -0.39 is 5.97 Å². The summed E-state index contributed by atoms with van der Waals surface area (Å²) in [5.41, 5.74) is 2.03. The van der Waals surface area contributed by atoms with Crippen molar-refractivity contribution in [1.82, 2.24) is 0 Å². The first-order chi connectivity index (χ1) is 7.66. The average molecular weight is 217 g/mol. The Labute approximate surface area is 94.8 Å². The molecule has 0 amide bonds. The molecule has 1 aromatic carbocycles. The molecule has 3 heteroatoms. The second-order valence-electron chi connectivity index (χ2n) is 4.14. The monoisotopic (exact) mass is 217 g/mol. The highest BCUT2D eigenvalue weighted by Crippen LogP contribution is 2.22. The molecular weight excluding hydrogens is 202 g/mol. The third kappa shape index (κ3) is 2.24. The van der Waals surface area contributed by atoms with E-state index in [0.29, 0.717) is 17.3 Å². The van der Waals surface area contributed by atoms with E-state index >= 15 is 0 Å². The molecule has 0 aliphatic heterocycles. The molecule has 1 aliphatic rings. The predicted molar refractivity (Wildman–Crippen MR) is 63.9 cm³/mol. The number of aryl methyl sites for hydroxylation is 1. The molecule has 2 N–H and O–H groups in total. The maximum Gasteiger partial charge on any atom is 0.337 e. The van der Waals surface area contributed by atoms with E-state index in [0.717, 1.165) is 18.4 Å². The van der Waals surface area contributed by atoms with Gasteiger partial charge in [-0.3, -0.25) is 0 Å². The van der Waals surface area contributed by atoms with E-state index in [1.54, 1.807) is 6.07 Å². The number of anilines is 1. The van der Waals surface area contributed by atoms with Gasteiger partial charge in [-0.2, -0.15) is 0 Å². The van der Waals surface area contributed by atoms with Crippen LogP contribution in [0.5, 0.6) is 0 Å². The van der Waals surface area contributed by atoms with Crippen molar-refractivity contribution < 1.29 is 9.90 Å². The van der Waals surface area contributed by atoms with Crippen LogP contribution in [0.15, 0.2) is 30.4 Å². The van der Waals surface area contributed by atoms with Gasteiger partial charge in [-0.15, -0.1) is 0 Å². The second-order valence-corrected chi connectivity index (χ2v) is 4.14. The third-order valence-electron chi connectivity index (χ3n) is 2.77. The zero-order chi connectivity index (χ0) is 11.5. The van der Waals surface area contributed by atoms with Crippen LogP contribution in [-0.2, 0) is 0 Å². The summed E-state index contributed by atoms with van der Waals surface area (Å²) >= 11 is 0. The normalized spacial score (nSPS) is 15.3. The Bertz CT molecular complexity index is 430. The van der Waals surface area contributed by atoms with E-state index in [1.807, 2.05) is 19.1 Å². The molecule has 1 aliphatic carbocycles. The number of carboxylic acids is 1. The molecule has 0 saturated carbocycles. The number of carbonyl (C=O) groups is 1. The molecule has 0 unspecified atom stereocenters. The molecular formula is C13H15NO2. The van der Waals surface area contributed by atoms with Crippen LogP contribution in [0.2, 0.25) is 0 Å². The second kappa shape index (κ2) is 4.39. The molecule has 0 fully saturated rings. The topological polar surface area (TPSA) is 49.3 Å². The predicted octanol–water partition coefficient (Wildman–Crippen LogP) is 2.82. The summed E-state index contributed by atoms with van der Waals surface area (Å²) < 4.78 is 0. The van der Waals surface area contributed by atoms with Gasteiger partial charge >= 0.3 is 5.97 Å². The number of nitrogens with one attached hydrogen (secondary N) is 1. The Hall–Kier alpha value is -1.77. The molecule has 16 heavy (non-hydrogen) atoms. The quantitative estimate of drug-likeness (QED) is 0.765. The Morgan fingerprint density at radius 3 is 2.69 bits per heavy atom. The highest BCUT2D eigenvalue weighted by Gasteiger charge is 2.15. The summed E-state index contributed by atoms with van der Waals surface area (Å²) in [6, 6.07) is 5.81. The van der Waals surface area contributed by atoms with Gasteiger partial charge < -0.3 is 10.4 Å². The average Bonchev–Trinajstić information content (AvgIpc) is 2.73. The standard InChI is InChI=1S/C13H15NO2/c1-9-6-7-12(11(8-9)13(15)16)14-10-4-2-3-5-10/h2-3,6-8,10,14H,4-5H2,1H3,(H,15,16). The number of carboxylic acid groups (broad SMARTS) is 1. The molecule has 3 nitrogen and oxygen atoms in total. The molecule has 0 heterocycles. The van der Waals surface area contributed by atoms with Crippen molar-refractivity contribution >= 4 is 11.7 Å². The van der Waals surface area contributed by atoms with Crippen LogP contribution >= 0.6 is 0 Å². The Balaban J connectivity index is 2.22. The van der Waals surface area contributed by atoms with Gasteiger partial charge in [0.05, 0.1) is 5.56 Å². The zero-order valence-corrected chi connectivity index (χ0v) is 9.23. The van der Waals surface area contributed by atoms with E-state index in [-0.39, 0.29) is 0 Å². The lowest BCUT2D eigenvalue weighted by molar-refractivity contribution is 0.0698. The molecule has 0 bridgehead atoms.